The molecule has 1 N–H and O–H groups in total. The summed E-state index contributed by atoms with van der Waals surface area (Å²) in [5, 5.41) is 7.60. The van der Waals surface area contributed by atoms with E-state index in [1.165, 1.54) is 5.56 Å². The van der Waals surface area contributed by atoms with Crippen molar-refractivity contribution >= 4 is 15.9 Å². The second kappa shape index (κ2) is 6.57. The van der Waals surface area contributed by atoms with Crippen molar-refractivity contribution in [1.29, 1.82) is 0 Å². The Morgan fingerprint density at radius 1 is 1.29 bits per heavy atom. The first-order valence-electron chi connectivity index (χ1n) is 5.77. The summed E-state index contributed by atoms with van der Waals surface area (Å²) in [4.78, 5) is 0. The van der Waals surface area contributed by atoms with Crippen LogP contribution in [0.4, 0.5) is 0 Å². The van der Waals surface area contributed by atoms with Crippen LogP contribution in [0.3, 0.4) is 0 Å². The number of nitrogens with zero attached hydrogens (tertiary/aromatic N) is 2. The van der Waals surface area contributed by atoms with Gasteiger partial charge in [-0.05, 0) is 36.7 Å². The molecule has 90 valence electrons. The molecule has 2 aromatic rings. The van der Waals surface area contributed by atoms with E-state index in [-0.39, 0.29) is 0 Å². The molecule has 3 nitrogen and oxygen atoms in total. The number of benzene rings is 1. The first-order chi connectivity index (χ1) is 8.34. The van der Waals surface area contributed by atoms with Gasteiger partial charge in [0, 0.05) is 30.0 Å². The molecule has 1 heterocycles. The van der Waals surface area contributed by atoms with Crippen LogP contribution in [0.25, 0.3) is 0 Å². The lowest BCUT2D eigenvalue weighted by atomic mass is 10.2. The van der Waals surface area contributed by atoms with E-state index in [0.717, 1.165) is 30.5 Å². The molecule has 0 atom stereocenters. The summed E-state index contributed by atoms with van der Waals surface area (Å²) < 4.78 is 3.09. The second-order valence-corrected chi connectivity index (χ2v) is 4.85. The van der Waals surface area contributed by atoms with E-state index in [4.69, 9.17) is 0 Å². The molecule has 0 saturated heterocycles. The third-order valence-corrected chi connectivity index (χ3v) is 3.01. The molecule has 0 bridgehead atoms. The van der Waals surface area contributed by atoms with Crippen molar-refractivity contribution in [3.8, 4) is 0 Å². The minimum absolute atomic E-state index is 0.915. The lowest BCUT2D eigenvalue weighted by Gasteiger charge is -2.05. The van der Waals surface area contributed by atoms with Gasteiger partial charge in [-0.25, -0.2) is 0 Å². The normalized spacial score (nSPS) is 10.6. The monoisotopic (exact) mass is 293 g/mol. The molecule has 0 aliphatic carbocycles. The summed E-state index contributed by atoms with van der Waals surface area (Å²) in [6.45, 7) is 2.89. The van der Waals surface area contributed by atoms with Gasteiger partial charge in [0.2, 0.25) is 0 Å². The summed E-state index contributed by atoms with van der Waals surface area (Å²) in [6, 6.07) is 10.3. The topological polar surface area (TPSA) is 29.9 Å². The molecule has 0 spiro atoms. The van der Waals surface area contributed by atoms with Crippen molar-refractivity contribution in [2.24, 2.45) is 0 Å². The molecule has 1 aromatic carbocycles. The van der Waals surface area contributed by atoms with Gasteiger partial charge in [0.1, 0.15) is 0 Å². The van der Waals surface area contributed by atoms with E-state index >= 15 is 0 Å². The average Bonchev–Trinajstić information content (AvgIpc) is 2.82. The molecule has 0 saturated carbocycles. The summed E-state index contributed by atoms with van der Waals surface area (Å²) in [5.41, 5.74) is 1.30. The summed E-state index contributed by atoms with van der Waals surface area (Å²) in [7, 11) is 0. The second-order valence-electron chi connectivity index (χ2n) is 3.93. The third-order valence-electron chi connectivity index (χ3n) is 2.52. The number of aromatic nitrogens is 2. The Labute approximate surface area is 110 Å². The number of halogens is 1. The largest absolute Gasteiger partial charge is 0.313 e. The van der Waals surface area contributed by atoms with Crippen LogP contribution < -0.4 is 5.32 Å². The smallest absolute Gasteiger partial charge is 0.0489 e. The Morgan fingerprint density at radius 2 is 2.24 bits per heavy atom. The highest BCUT2D eigenvalue weighted by molar-refractivity contribution is 9.10. The number of hydrogen-bond acceptors (Lipinski definition) is 2. The maximum Gasteiger partial charge on any atom is 0.0489 e. The van der Waals surface area contributed by atoms with E-state index in [1.54, 1.807) is 0 Å². The van der Waals surface area contributed by atoms with Crippen LogP contribution in [0.15, 0.2) is 47.2 Å². The first kappa shape index (κ1) is 12.3. The highest BCUT2D eigenvalue weighted by atomic mass is 79.9. The molecular weight excluding hydrogens is 278 g/mol. The Morgan fingerprint density at radius 3 is 3.00 bits per heavy atom. The minimum atomic E-state index is 0.915. The molecule has 0 aliphatic rings. The van der Waals surface area contributed by atoms with Gasteiger partial charge in [-0.2, -0.15) is 5.10 Å². The molecule has 0 aliphatic heterocycles. The van der Waals surface area contributed by atoms with Crippen LogP contribution in [-0.2, 0) is 13.1 Å². The zero-order chi connectivity index (χ0) is 11.9. The summed E-state index contributed by atoms with van der Waals surface area (Å²) >= 11 is 3.47. The zero-order valence-corrected chi connectivity index (χ0v) is 11.2. The Bertz CT molecular complexity index is 440. The lowest BCUT2D eigenvalue weighted by Crippen LogP contribution is -2.16. The molecule has 0 unspecified atom stereocenters. The fourth-order valence-corrected chi connectivity index (χ4v) is 2.13. The molecule has 4 heteroatoms. The predicted octanol–water partition coefficient (Wildman–Crippen LogP) is 2.83. The molecule has 17 heavy (non-hydrogen) atoms. The fraction of sp³-hybridized carbons (Fsp3) is 0.308. The van der Waals surface area contributed by atoms with Crippen LogP contribution in [0.1, 0.15) is 12.0 Å². The first-order valence-corrected chi connectivity index (χ1v) is 6.56. The maximum absolute atomic E-state index is 4.17. The number of nitrogens with one attached hydrogen (secondary N) is 1. The molecule has 0 fully saturated rings. The Hall–Kier alpha value is -1.13. The maximum atomic E-state index is 4.17. The van der Waals surface area contributed by atoms with Crippen LogP contribution in [0.5, 0.6) is 0 Å². The van der Waals surface area contributed by atoms with Gasteiger partial charge in [-0.15, -0.1) is 0 Å². The summed E-state index contributed by atoms with van der Waals surface area (Å²) in [6.07, 6.45) is 4.90. The minimum Gasteiger partial charge on any atom is -0.313 e. The van der Waals surface area contributed by atoms with Gasteiger partial charge in [0.15, 0.2) is 0 Å². The van der Waals surface area contributed by atoms with Crippen LogP contribution in [0, 0.1) is 0 Å². The van der Waals surface area contributed by atoms with Crippen molar-refractivity contribution in [2.45, 2.75) is 19.5 Å². The van der Waals surface area contributed by atoms with E-state index in [0.29, 0.717) is 0 Å². The molecular formula is C13H16BrN3. The molecule has 0 radical (unpaired) electrons. The number of aryl methyl sites for hydroxylation is 1. The quantitative estimate of drug-likeness (QED) is 0.830. The molecule has 2 rings (SSSR count). The highest BCUT2D eigenvalue weighted by Gasteiger charge is 1.94. The van der Waals surface area contributed by atoms with Crippen LogP contribution in [0.2, 0.25) is 0 Å². The van der Waals surface area contributed by atoms with E-state index in [9.17, 15) is 0 Å². The van der Waals surface area contributed by atoms with Crippen molar-refractivity contribution in [3.63, 3.8) is 0 Å². The van der Waals surface area contributed by atoms with Gasteiger partial charge in [-0.3, -0.25) is 4.68 Å². The standard InChI is InChI=1S/C13H16BrN3/c14-13-5-1-4-12(10-13)11-15-6-2-8-17-9-3-7-16-17/h1,3-5,7,9-10,15H,2,6,8,11H2. The number of hydrogen-bond donors (Lipinski definition) is 1. The molecule has 1 aromatic heterocycles. The van der Waals surface area contributed by atoms with Crippen LogP contribution in [-0.4, -0.2) is 16.3 Å². The van der Waals surface area contributed by atoms with E-state index in [2.05, 4.69) is 44.5 Å². The average molecular weight is 294 g/mol. The van der Waals surface area contributed by atoms with Gasteiger partial charge in [-0.1, -0.05) is 28.1 Å². The van der Waals surface area contributed by atoms with Crippen molar-refractivity contribution in [1.82, 2.24) is 15.1 Å². The van der Waals surface area contributed by atoms with Gasteiger partial charge in [0.05, 0.1) is 0 Å². The van der Waals surface area contributed by atoms with Gasteiger partial charge >= 0.3 is 0 Å². The van der Waals surface area contributed by atoms with Crippen molar-refractivity contribution < 1.29 is 0 Å². The molecule has 0 amide bonds. The van der Waals surface area contributed by atoms with Gasteiger partial charge < -0.3 is 5.32 Å². The lowest BCUT2D eigenvalue weighted by molar-refractivity contribution is 0.543. The zero-order valence-electron chi connectivity index (χ0n) is 9.64. The third kappa shape index (κ3) is 4.32. The predicted molar refractivity (Wildman–Crippen MR) is 72.7 cm³/mol. The van der Waals surface area contributed by atoms with E-state index < -0.39 is 0 Å². The van der Waals surface area contributed by atoms with Crippen LogP contribution >= 0.6 is 15.9 Å². The van der Waals surface area contributed by atoms with Crippen molar-refractivity contribution in [2.75, 3.05) is 6.54 Å². The summed E-state index contributed by atoms with van der Waals surface area (Å²) in [5.74, 6) is 0. The van der Waals surface area contributed by atoms with Gasteiger partial charge in [0.25, 0.3) is 0 Å². The Kier molecular flexibility index (Phi) is 4.76. The number of rotatable bonds is 6. The highest BCUT2D eigenvalue weighted by Crippen LogP contribution is 2.11. The Balaban J connectivity index is 1.63. The van der Waals surface area contributed by atoms with E-state index in [1.807, 2.05) is 29.2 Å². The van der Waals surface area contributed by atoms with Crippen molar-refractivity contribution in [3.05, 3.63) is 52.8 Å². The fourth-order valence-electron chi connectivity index (χ4n) is 1.68. The SMILES string of the molecule is Brc1cccc(CNCCCn2cccn2)c1.